The predicted octanol–water partition coefficient (Wildman–Crippen LogP) is 3.70. The van der Waals surface area contributed by atoms with Gasteiger partial charge in [0.15, 0.2) is 0 Å². The molecule has 0 radical (unpaired) electrons. The van der Waals surface area contributed by atoms with Crippen LogP contribution in [0.2, 0.25) is 0 Å². The minimum absolute atomic E-state index is 0.0872. The Kier molecular flexibility index (Phi) is 6.84. The highest BCUT2D eigenvalue weighted by Crippen LogP contribution is 2.23. The fourth-order valence-corrected chi connectivity index (χ4v) is 3.26. The zero-order valence-corrected chi connectivity index (χ0v) is 16.7. The Morgan fingerprint density at radius 2 is 2.00 bits per heavy atom. The first-order valence-corrected chi connectivity index (χ1v) is 9.53. The summed E-state index contributed by atoms with van der Waals surface area (Å²) < 4.78 is 5.50. The lowest BCUT2D eigenvalue weighted by Gasteiger charge is -2.38. The Bertz CT molecular complexity index is 718. The van der Waals surface area contributed by atoms with E-state index in [1.54, 1.807) is 15.9 Å². The number of carbonyl (C=O) groups is 2. The van der Waals surface area contributed by atoms with Crippen molar-refractivity contribution in [3.8, 4) is 6.07 Å². The van der Waals surface area contributed by atoms with Crippen molar-refractivity contribution in [3.05, 3.63) is 35.4 Å². The molecule has 1 heterocycles. The van der Waals surface area contributed by atoms with Crippen molar-refractivity contribution >= 4 is 12.0 Å². The van der Waals surface area contributed by atoms with Crippen LogP contribution in [0, 0.1) is 11.3 Å². The van der Waals surface area contributed by atoms with Crippen molar-refractivity contribution in [1.82, 2.24) is 9.80 Å². The number of piperidine rings is 1. The topological polar surface area (TPSA) is 73.6 Å². The number of nitrogens with zero attached hydrogens (tertiary/aromatic N) is 3. The maximum absolute atomic E-state index is 13.2. The molecule has 0 aliphatic carbocycles. The van der Waals surface area contributed by atoms with E-state index < -0.39 is 17.7 Å². The third-order valence-electron chi connectivity index (χ3n) is 4.61. The Morgan fingerprint density at radius 3 is 2.63 bits per heavy atom. The van der Waals surface area contributed by atoms with Gasteiger partial charge in [0.2, 0.25) is 5.91 Å². The molecule has 1 aliphatic rings. The lowest BCUT2D eigenvalue weighted by Crippen LogP contribution is -2.53. The Hall–Kier alpha value is -2.55. The van der Waals surface area contributed by atoms with Crippen LogP contribution in [-0.2, 0) is 16.1 Å². The molecule has 1 atom stereocenters. The van der Waals surface area contributed by atoms with Crippen molar-refractivity contribution in [2.24, 2.45) is 0 Å². The van der Waals surface area contributed by atoms with Crippen LogP contribution in [0.3, 0.4) is 0 Å². The molecule has 1 aliphatic heterocycles. The smallest absolute Gasteiger partial charge is 0.410 e. The summed E-state index contributed by atoms with van der Waals surface area (Å²) in [5.41, 5.74) is 0.782. The van der Waals surface area contributed by atoms with E-state index in [1.807, 2.05) is 45.9 Å². The first-order chi connectivity index (χ1) is 12.8. The quantitative estimate of drug-likeness (QED) is 0.809. The molecule has 1 aromatic carbocycles. The summed E-state index contributed by atoms with van der Waals surface area (Å²) >= 11 is 0. The average molecular weight is 371 g/mol. The van der Waals surface area contributed by atoms with Gasteiger partial charge in [-0.05, 0) is 58.6 Å². The molecule has 2 rings (SSSR count). The van der Waals surface area contributed by atoms with E-state index in [0.29, 0.717) is 31.6 Å². The first kappa shape index (κ1) is 20.8. The Labute approximate surface area is 161 Å². The standard InChI is InChI=1S/C21H29N3O3/c1-5-23(15-17-11-7-6-10-16(17)14-22)19(25)18-12-8-9-13-24(18)20(26)27-21(2,3)4/h6-7,10-11,18H,5,8-9,12-13,15H2,1-4H3/t18-/m1/s1. The minimum Gasteiger partial charge on any atom is -0.444 e. The Morgan fingerprint density at radius 1 is 1.30 bits per heavy atom. The second-order valence-corrected chi connectivity index (χ2v) is 7.81. The maximum Gasteiger partial charge on any atom is 0.410 e. The summed E-state index contributed by atoms with van der Waals surface area (Å²) in [6.45, 7) is 8.77. The average Bonchev–Trinajstić information content (AvgIpc) is 2.64. The van der Waals surface area contributed by atoms with Crippen molar-refractivity contribution < 1.29 is 14.3 Å². The van der Waals surface area contributed by atoms with Crippen LogP contribution < -0.4 is 0 Å². The predicted molar refractivity (Wildman–Crippen MR) is 103 cm³/mol. The molecule has 0 aromatic heterocycles. The largest absolute Gasteiger partial charge is 0.444 e. The fraction of sp³-hybridized carbons (Fsp3) is 0.571. The molecule has 1 aromatic rings. The van der Waals surface area contributed by atoms with Crippen LogP contribution in [0.1, 0.15) is 58.1 Å². The van der Waals surface area contributed by atoms with Crippen LogP contribution in [0.25, 0.3) is 0 Å². The number of carbonyl (C=O) groups excluding carboxylic acids is 2. The number of likely N-dealkylation sites (tertiary alicyclic amines) is 1. The van der Waals surface area contributed by atoms with E-state index >= 15 is 0 Å². The lowest BCUT2D eigenvalue weighted by molar-refractivity contribution is -0.138. The molecule has 1 fully saturated rings. The number of ether oxygens (including phenoxy) is 1. The summed E-state index contributed by atoms with van der Waals surface area (Å²) in [5.74, 6) is -0.0872. The van der Waals surface area contributed by atoms with Gasteiger partial charge in [0.05, 0.1) is 11.6 Å². The van der Waals surface area contributed by atoms with E-state index in [2.05, 4.69) is 6.07 Å². The molecule has 6 nitrogen and oxygen atoms in total. The minimum atomic E-state index is -0.599. The molecule has 0 bridgehead atoms. The van der Waals surface area contributed by atoms with Gasteiger partial charge in [0, 0.05) is 19.6 Å². The molecule has 1 saturated heterocycles. The molecule has 2 amide bonds. The van der Waals surface area contributed by atoms with Gasteiger partial charge in [-0.15, -0.1) is 0 Å². The first-order valence-electron chi connectivity index (χ1n) is 9.53. The number of hydrogen-bond donors (Lipinski definition) is 0. The highest BCUT2D eigenvalue weighted by Gasteiger charge is 2.36. The summed E-state index contributed by atoms with van der Waals surface area (Å²) in [6, 6.07) is 8.95. The van der Waals surface area contributed by atoms with E-state index in [0.717, 1.165) is 18.4 Å². The second-order valence-electron chi connectivity index (χ2n) is 7.81. The van der Waals surface area contributed by atoms with Crippen LogP contribution in [-0.4, -0.2) is 46.5 Å². The number of rotatable bonds is 4. The zero-order valence-electron chi connectivity index (χ0n) is 16.7. The van der Waals surface area contributed by atoms with Crippen molar-refractivity contribution in [2.75, 3.05) is 13.1 Å². The molecule has 6 heteroatoms. The molecular weight excluding hydrogens is 342 g/mol. The monoisotopic (exact) mass is 371 g/mol. The summed E-state index contributed by atoms with van der Waals surface area (Å²) in [7, 11) is 0. The van der Waals surface area contributed by atoms with E-state index in [9.17, 15) is 14.9 Å². The molecule has 0 N–H and O–H groups in total. The highest BCUT2D eigenvalue weighted by molar-refractivity contribution is 5.86. The third kappa shape index (κ3) is 5.46. The molecule has 27 heavy (non-hydrogen) atoms. The molecule has 146 valence electrons. The van der Waals surface area contributed by atoms with Crippen molar-refractivity contribution in [3.63, 3.8) is 0 Å². The Balaban J connectivity index is 2.18. The zero-order chi connectivity index (χ0) is 20.0. The molecule has 0 saturated carbocycles. The maximum atomic E-state index is 13.2. The molecule has 0 unspecified atom stereocenters. The molecule has 0 spiro atoms. The van der Waals surface area contributed by atoms with E-state index in [1.165, 1.54) is 0 Å². The van der Waals surface area contributed by atoms with Crippen LogP contribution in [0.4, 0.5) is 4.79 Å². The summed E-state index contributed by atoms with van der Waals surface area (Å²) in [6.07, 6.45) is 1.97. The number of amides is 2. The van der Waals surface area contributed by atoms with E-state index in [-0.39, 0.29) is 5.91 Å². The number of benzene rings is 1. The van der Waals surface area contributed by atoms with Gasteiger partial charge in [-0.2, -0.15) is 5.26 Å². The van der Waals surface area contributed by atoms with E-state index in [4.69, 9.17) is 4.74 Å². The summed E-state index contributed by atoms with van der Waals surface area (Å²) in [5, 5.41) is 9.29. The fourth-order valence-electron chi connectivity index (χ4n) is 3.26. The number of nitriles is 1. The van der Waals surface area contributed by atoms with Gasteiger partial charge in [-0.3, -0.25) is 9.69 Å². The van der Waals surface area contributed by atoms with Gasteiger partial charge in [0.25, 0.3) is 0 Å². The van der Waals surface area contributed by atoms with Gasteiger partial charge in [-0.1, -0.05) is 18.2 Å². The normalized spacial score (nSPS) is 17.1. The van der Waals surface area contributed by atoms with Gasteiger partial charge in [0.1, 0.15) is 11.6 Å². The highest BCUT2D eigenvalue weighted by atomic mass is 16.6. The number of likely N-dealkylation sites (N-methyl/N-ethyl adjacent to an activating group) is 1. The van der Waals surface area contributed by atoms with Crippen LogP contribution >= 0.6 is 0 Å². The van der Waals surface area contributed by atoms with Crippen LogP contribution in [0.5, 0.6) is 0 Å². The SMILES string of the molecule is CCN(Cc1ccccc1C#N)C(=O)[C@H]1CCCCN1C(=O)OC(C)(C)C. The lowest BCUT2D eigenvalue weighted by atomic mass is 10.0. The summed E-state index contributed by atoms with van der Waals surface area (Å²) in [4.78, 5) is 29.1. The van der Waals surface area contributed by atoms with Crippen LogP contribution in [0.15, 0.2) is 24.3 Å². The number of hydrogen-bond acceptors (Lipinski definition) is 4. The van der Waals surface area contributed by atoms with Gasteiger partial charge >= 0.3 is 6.09 Å². The van der Waals surface area contributed by atoms with Crippen molar-refractivity contribution in [2.45, 2.75) is 65.1 Å². The van der Waals surface area contributed by atoms with Crippen molar-refractivity contribution in [1.29, 1.82) is 5.26 Å². The third-order valence-corrected chi connectivity index (χ3v) is 4.61. The van der Waals surface area contributed by atoms with Gasteiger partial charge in [-0.25, -0.2) is 4.79 Å². The second kappa shape index (κ2) is 8.90. The van der Waals surface area contributed by atoms with Gasteiger partial charge < -0.3 is 9.64 Å². The molecular formula is C21H29N3O3.